The molecule has 2 heterocycles. The van der Waals surface area contributed by atoms with Gasteiger partial charge in [-0.05, 0) is 17.8 Å². The Hall–Kier alpha value is -1.82. The van der Waals surface area contributed by atoms with E-state index in [-0.39, 0.29) is 5.56 Å². The number of carboxylic acids is 1. The zero-order valence-electron chi connectivity index (χ0n) is 8.49. The molecule has 0 atom stereocenters. The normalized spacial score (nSPS) is 10.3. The van der Waals surface area contributed by atoms with Gasteiger partial charge in [0.2, 0.25) is 0 Å². The van der Waals surface area contributed by atoms with Gasteiger partial charge in [-0.25, -0.2) is 9.78 Å². The topological polar surface area (TPSA) is 68.0 Å². The lowest BCUT2D eigenvalue weighted by molar-refractivity contribution is 0.0693. The van der Waals surface area contributed by atoms with E-state index < -0.39 is 5.97 Å². The van der Waals surface area contributed by atoms with Crippen LogP contribution in [-0.4, -0.2) is 25.6 Å². The van der Waals surface area contributed by atoms with E-state index in [0.29, 0.717) is 4.90 Å². The Labute approximate surface area is 96.2 Å². The molecule has 0 radical (unpaired) electrons. The minimum absolute atomic E-state index is 0.239. The van der Waals surface area contributed by atoms with E-state index in [1.165, 1.54) is 30.2 Å². The van der Waals surface area contributed by atoms with Crippen molar-refractivity contribution in [3.8, 4) is 0 Å². The minimum atomic E-state index is -0.959. The van der Waals surface area contributed by atoms with Crippen molar-refractivity contribution in [2.24, 2.45) is 7.05 Å². The van der Waals surface area contributed by atoms with E-state index >= 15 is 0 Å². The summed E-state index contributed by atoms with van der Waals surface area (Å²) in [6.07, 6.45) is 6.47. The smallest absolute Gasteiger partial charge is 0.336 e. The first-order valence-corrected chi connectivity index (χ1v) is 5.32. The number of nitrogens with zero attached hydrogens (tertiary/aromatic N) is 3. The molecule has 0 fully saturated rings. The average molecular weight is 235 g/mol. The molecule has 1 N–H and O–H groups in total. The molecule has 0 spiro atoms. The van der Waals surface area contributed by atoms with Crippen LogP contribution in [0.3, 0.4) is 0 Å². The van der Waals surface area contributed by atoms with Crippen LogP contribution in [0.5, 0.6) is 0 Å². The third-order valence-corrected chi connectivity index (χ3v) is 3.11. The summed E-state index contributed by atoms with van der Waals surface area (Å²) in [5.41, 5.74) is 0.239. The third-order valence-electron chi connectivity index (χ3n) is 1.99. The summed E-state index contributed by atoms with van der Waals surface area (Å²) in [6, 6.07) is 1.48. The van der Waals surface area contributed by atoms with E-state index in [4.69, 9.17) is 5.11 Å². The SMILES string of the molecule is Cn1ccnc1Sc1cnccc1C(=O)O. The Morgan fingerprint density at radius 1 is 1.50 bits per heavy atom. The number of carboxylic acid groups (broad SMARTS) is 1. The van der Waals surface area contributed by atoms with Gasteiger partial charge in [0, 0.05) is 36.7 Å². The van der Waals surface area contributed by atoms with Crippen molar-refractivity contribution in [1.29, 1.82) is 0 Å². The number of aromatic nitrogens is 3. The van der Waals surface area contributed by atoms with Gasteiger partial charge in [0.25, 0.3) is 0 Å². The highest BCUT2D eigenvalue weighted by molar-refractivity contribution is 7.99. The Morgan fingerprint density at radius 2 is 2.31 bits per heavy atom. The second kappa shape index (κ2) is 4.36. The molecule has 0 unspecified atom stereocenters. The highest BCUT2D eigenvalue weighted by Gasteiger charge is 2.12. The molecule has 0 aliphatic heterocycles. The van der Waals surface area contributed by atoms with Gasteiger partial charge in [0.05, 0.1) is 5.56 Å². The maximum atomic E-state index is 11.0. The summed E-state index contributed by atoms with van der Waals surface area (Å²) in [6.45, 7) is 0. The van der Waals surface area contributed by atoms with Gasteiger partial charge in [0.15, 0.2) is 5.16 Å². The molecule has 0 saturated heterocycles. The van der Waals surface area contributed by atoms with Gasteiger partial charge in [-0.1, -0.05) is 0 Å². The molecule has 2 rings (SSSR count). The number of carbonyl (C=O) groups is 1. The van der Waals surface area contributed by atoms with E-state index in [2.05, 4.69) is 9.97 Å². The van der Waals surface area contributed by atoms with Crippen LogP contribution in [0.4, 0.5) is 0 Å². The fraction of sp³-hybridized carbons (Fsp3) is 0.100. The Bertz CT molecular complexity index is 524. The number of aromatic carboxylic acids is 1. The molecular formula is C10H9N3O2S. The zero-order chi connectivity index (χ0) is 11.5. The first-order chi connectivity index (χ1) is 7.68. The number of hydrogen-bond donors (Lipinski definition) is 1. The van der Waals surface area contributed by atoms with Crippen LogP contribution in [0.2, 0.25) is 0 Å². The van der Waals surface area contributed by atoms with Crippen LogP contribution in [0.1, 0.15) is 10.4 Å². The van der Waals surface area contributed by atoms with Gasteiger partial charge in [-0.3, -0.25) is 4.98 Å². The molecule has 0 saturated carbocycles. The molecule has 0 amide bonds. The molecule has 2 aromatic heterocycles. The molecule has 2 aromatic rings. The van der Waals surface area contributed by atoms with Crippen LogP contribution in [-0.2, 0) is 7.05 Å². The number of hydrogen-bond acceptors (Lipinski definition) is 4. The lowest BCUT2D eigenvalue weighted by Crippen LogP contribution is -2.00. The van der Waals surface area contributed by atoms with Crippen molar-refractivity contribution in [2.75, 3.05) is 0 Å². The largest absolute Gasteiger partial charge is 0.478 e. The molecule has 16 heavy (non-hydrogen) atoms. The number of rotatable bonds is 3. The molecule has 0 aliphatic carbocycles. The van der Waals surface area contributed by atoms with Crippen molar-refractivity contribution in [3.05, 3.63) is 36.4 Å². The standard InChI is InChI=1S/C10H9N3O2S/c1-13-5-4-12-10(13)16-8-6-11-3-2-7(8)9(14)15/h2-6H,1H3,(H,14,15). The van der Waals surface area contributed by atoms with Gasteiger partial charge in [-0.15, -0.1) is 0 Å². The second-order valence-electron chi connectivity index (χ2n) is 3.10. The van der Waals surface area contributed by atoms with Crippen molar-refractivity contribution < 1.29 is 9.90 Å². The Morgan fingerprint density at radius 3 is 2.94 bits per heavy atom. The first-order valence-electron chi connectivity index (χ1n) is 4.51. The maximum Gasteiger partial charge on any atom is 0.336 e. The summed E-state index contributed by atoms with van der Waals surface area (Å²) in [7, 11) is 1.85. The fourth-order valence-corrected chi connectivity index (χ4v) is 2.08. The monoisotopic (exact) mass is 235 g/mol. The highest BCUT2D eigenvalue weighted by Crippen LogP contribution is 2.27. The predicted molar refractivity (Wildman–Crippen MR) is 58.5 cm³/mol. The lowest BCUT2D eigenvalue weighted by atomic mass is 10.3. The number of aryl methyl sites for hydroxylation is 1. The van der Waals surface area contributed by atoms with Crippen molar-refractivity contribution in [2.45, 2.75) is 10.1 Å². The van der Waals surface area contributed by atoms with Crippen LogP contribution in [0.15, 0.2) is 40.9 Å². The Kier molecular flexibility index (Phi) is 2.91. The highest BCUT2D eigenvalue weighted by atomic mass is 32.2. The summed E-state index contributed by atoms with van der Waals surface area (Å²) in [4.78, 5) is 19.6. The molecule has 82 valence electrons. The van der Waals surface area contributed by atoms with E-state index in [1.807, 2.05) is 11.6 Å². The fourth-order valence-electron chi connectivity index (χ4n) is 1.19. The van der Waals surface area contributed by atoms with E-state index in [9.17, 15) is 4.79 Å². The zero-order valence-corrected chi connectivity index (χ0v) is 9.31. The van der Waals surface area contributed by atoms with Crippen molar-refractivity contribution >= 4 is 17.7 Å². The molecular weight excluding hydrogens is 226 g/mol. The summed E-state index contributed by atoms with van der Waals surface area (Å²) in [5.74, 6) is -0.959. The molecule has 0 bridgehead atoms. The summed E-state index contributed by atoms with van der Waals surface area (Å²) in [5, 5.41) is 9.73. The summed E-state index contributed by atoms with van der Waals surface area (Å²) >= 11 is 1.28. The number of pyridine rings is 1. The third kappa shape index (κ3) is 2.06. The molecule has 0 aromatic carbocycles. The van der Waals surface area contributed by atoms with Crippen LogP contribution >= 0.6 is 11.8 Å². The average Bonchev–Trinajstić information content (AvgIpc) is 2.65. The summed E-state index contributed by atoms with van der Waals surface area (Å²) < 4.78 is 1.82. The Balaban J connectivity index is 2.35. The van der Waals surface area contributed by atoms with Crippen molar-refractivity contribution in [1.82, 2.24) is 14.5 Å². The van der Waals surface area contributed by atoms with Crippen LogP contribution < -0.4 is 0 Å². The lowest BCUT2D eigenvalue weighted by Gasteiger charge is -2.04. The van der Waals surface area contributed by atoms with Crippen LogP contribution in [0, 0.1) is 0 Å². The molecule has 0 aliphatic rings. The maximum absolute atomic E-state index is 11.0. The second-order valence-corrected chi connectivity index (χ2v) is 4.11. The minimum Gasteiger partial charge on any atom is -0.478 e. The van der Waals surface area contributed by atoms with E-state index in [0.717, 1.165) is 5.16 Å². The van der Waals surface area contributed by atoms with Gasteiger partial charge >= 0.3 is 5.97 Å². The van der Waals surface area contributed by atoms with E-state index in [1.54, 1.807) is 12.4 Å². The van der Waals surface area contributed by atoms with Gasteiger partial charge in [0.1, 0.15) is 0 Å². The number of imidazole rings is 1. The first kappa shape index (κ1) is 10.7. The van der Waals surface area contributed by atoms with Crippen LogP contribution in [0.25, 0.3) is 0 Å². The quantitative estimate of drug-likeness (QED) is 0.876. The van der Waals surface area contributed by atoms with Crippen molar-refractivity contribution in [3.63, 3.8) is 0 Å². The van der Waals surface area contributed by atoms with Gasteiger partial charge < -0.3 is 9.67 Å². The molecule has 5 nitrogen and oxygen atoms in total. The van der Waals surface area contributed by atoms with Gasteiger partial charge in [-0.2, -0.15) is 0 Å². The predicted octanol–water partition coefficient (Wildman–Crippen LogP) is 1.66. The molecule has 6 heteroatoms.